The van der Waals surface area contributed by atoms with E-state index in [-0.39, 0.29) is 12.1 Å². The number of thiophene rings is 1. The van der Waals surface area contributed by atoms with Gasteiger partial charge in [-0.05, 0) is 31.7 Å². The van der Waals surface area contributed by atoms with Gasteiger partial charge >= 0.3 is 0 Å². The predicted molar refractivity (Wildman–Crippen MR) is 62.1 cm³/mol. The molecular formula is C10H16ClNOS. The number of aryl methyl sites for hydroxylation is 1. The number of nitrogens with two attached hydrogens (primary N) is 1. The van der Waals surface area contributed by atoms with E-state index in [4.69, 9.17) is 22.1 Å². The fourth-order valence-electron chi connectivity index (χ4n) is 1.07. The van der Waals surface area contributed by atoms with Crippen LogP contribution in [-0.2, 0) is 4.74 Å². The molecule has 1 aromatic rings. The molecule has 1 aromatic heterocycles. The Morgan fingerprint density at radius 2 is 2.21 bits per heavy atom. The minimum absolute atomic E-state index is 0.108. The van der Waals surface area contributed by atoms with Crippen molar-refractivity contribution in [3.63, 3.8) is 0 Å². The smallest absolute Gasteiger partial charge is 0.0671 e. The number of ether oxygens (including phenoxy) is 1. The summed E-state index contributed by atoms with van der Waals surface area (Å²) in [6, 6.07) is -0.108. The van der Waals surface area contributed by atoms with Crippen LogP contribution in [0.1, 0.15) is 30.3 Å². The van der Waals surface area contributed by atoms with Crippen LogP contribution < -0.4 is 5.73 Å². The van der Waals surface area contributed by atoms with E-state index in [1.54, 1.807) is 11.3 Å². The first kappa shape index (κ1) is 12.0. The molecule has 2 N–H and O–H groups in total. The van der Waals surface area contributed by atoms with Crippen molar-refractivity contribution >= 4 is 22.9 Å². The van der Waals surface area contributed by atoms with E-state index in [0.717, 1.165) is 15.5 Å². The molecule has 0 aliphatic heterocycles. The molecule has 0 saturated carbocycles. The molecule has 0 spiro atoms. The van der Waals surface area contributed by atoms with Crippen LogP contribution in [0.25, 0.3) is 0 Å². The van der Waals surface area contributed by atoms with Crippen LogP contribution in [0, 0.1) is 6.92 Å². The molecule has 0 radical (unpaired) electrons. The maximum atomic E-state index is 6.09. The quantitative estimate of drug-likeness (QED) is 0.867. The van der Waals surface area contributed by atoms with Gasteiger partial charge in [-0.25, -0.2) is 0 Å². The molecule has 0 fully saturated rings. The van der Waals surface area contributed by atoms with Crippen molar-refractivity contribution in [3.8, 4) is 0 Å². The highest BCUT2D eigenvalue weighted by atomic mass is 35.5. The molecular weight excluding hydrogens is 218 g/mol. The Morgan fingerprint density at radius 1 is 1.57 bits per heavy atom. The fraction of sp³-hybridized carbons (Fsp3) is 0.600. The van der Waals surface area contributed by atoms with E-state index in [1.165, 1.54) is 0 Å². The number of hydrogen-bond donors (Lipinski definition) is 1. The summed E-state index contributed by atoms with van der Waals surface area (Å²) in [5, 5.41) is 2.81. The standard InChI is InChI=1S/C10H16ClNOS/c1-6(2)13-4-8(12)10-9(11)7(3)5-14-10/h5-6,8H,4,12H2,1-3H3. The zero-order chi connectivity index (χ0) is 10.7. The lowest BCUT2D eigenvalue weighted by Crippen LogP contribution is -2.18. The molecule has 1 unspecified atom stereocenters. The second-order valence-electron chi connectivity index (χ2n) is 3.59. The second kappa shape index (κ2) is 5.12. The topological polar surface area (TPSA) is 35.2 Å². The molecule has 2 nitrogen and oxygen atoms in total. The molecule has 14 heavy (non-hydrogen) atoms. The predicted octanol–water partition coefficient (Wildman–Crippen LogP) is 3.13. The Labute approximate surface area is 94.0 Å². The zero-order valence-corrected chi connectivity index (χ0v) is 10.3. The molecule has 0 aliphatic carbocycles. The highest BCUT2D eigenvalue weighted by Gasteiger charge is 2.14. The van der Waals surface area contributed by atoms with Crippen LogP contribution in [-0.4, -0.2) is 12.7 Å². The molecule has 0 aromatic carbocycles. The molecule has 1 heterocycles. The third kappa shape index (κ3) is 2.95. The number of hydrogen-bond acceptors (Lipinski definition) is 3. The Hall–Kier alpha value is -0.0900. The Morgan fingerprint density at radius 3 is 2.64 bits per heavy atom. The van der Waals surface area contributed by atoms with E-state index >= 15 is 0 Å². The van der Waals surface area contributed by atoms with E-state index in [2.05, 4.69) is 0 Å². The van der Waals surface area contributed by atoms with Gasteiger partial charge in [0.25, 0.3) is 0 Å². The van der Waals surface area contributed by atoms with Crippen LogP contribution in [0.15, 0.2) is 5.38 Å². The lowest BCUT2D eigenvalue weighted by molar-refractivity contribution is 0.0688. The number of rotatable bonds is 4. The van der Waals surface area contributed by atoms with Crippen LogP contribution in [0.5, 0.6) is 0 Å². The van der Waals surface area contributed by atoms with Crippen LogP contribution in [0.4, 0.5) is 0 Å². The number of halogens is 1. The molecule has 80 valence electrons. The molecule has 0 bridgehead atoms. The largest absolute Gasteiger partial charge is 0.377 e. The summed E-state index contributed by atoms with van der Waals surface area (Å²) in [5.74, 6) is 0. The summed E-state index contributed by atoms with van der Waals surface area (Å²) < 4.78 is 5.45. The Bertz CT molecular complexity index is 298. The van der Waals surface area contributed by atoms with Gasteiger partial charge in [-0.1, -0.05) is 11.6 Å². The molecule has 4 heteroatoms. The highest BCUT2D eigenvalue weighted by Crippen LogP contribution is 2.31. The highest BCUT2D eigenvalue weighted by molar-refractivity contribution is 7.10. The minimum atomic E-state index is -0.108. The van der Waals surface area contributed by atoms with Gasteiger partial charge in [0.2, 0.25) is 0 Å². The Balaban J connectivity index is 2.60. The van der Waals surface area contributed by atoms with Gasteiger partial charge in [0, 0.05) is 4.88 Å². The van der Waals surface area contributed by atoms with Crippen molar-refractivity contribution < 1.29 is 4.74 Å². The second-order valence-corrected chi connectivity index (χ2v) is 4.87. The normalized spacial score (nSPS) is 13.6. The van der Waals surface area contributed by atoms with Crippen LogP contribution in [0.3, 0.4) is 0 Å². The molecule has 0 aliphatic rings. The van der Waals surface area contributed by atoms with Crippen LogP contribution >= 0.6 is 22.9 Å². The van der Waals surface area contributed by atoms with Crippen molar-refractivity contribution in [3.05, 3.63) is 20.8 Å². The monoisotopic (exact) mass is 233 g/mol. The average Bonchev–Trinajstić information content (AvgIpc) is 2.44. The van der Waals surface area contributed by atoms with Gasteiger partial charge in [-0.15, -0.1) is 11.3 Å². The van der Waals surface area contributed by atoms with Crippen molar-refractivity contribution in [1.29, 1.82) is 0 Å². The van der Waals surface area contributed by atoms with Crippen molar-refractivity contribution in [2.75, 3.05) is 6.61 Å². The van der Waals surface area contributed by atoms with E-state index in [0.29, 0.717) is 6.61 Å². The third-order valence-electron chi connectivity index (χ3n) is 1.87. The van der Waals surface area contributed by atoms with Gasteiger partial charge in [0.05, 0.1) is 23.8 Å². The van der Waals surface area contributed by atoms with Gasteiger partial charge in [-0.3, -0.25) is 0 Å². The zero-order valence-electron chi connectivity index (χ0n) is 8.71. The summed E-state index contributed by atoms with van der Waals surface area (Å²) in [4.78, 5) is 1.02. The van der Waals surface area contributed by atoms with Crippen molar-refractivity contribution in [2.24, 2.45) is 5.73 Å². The average molecular weight is 234 g/mol. The van der Waals surface area contributed by atoms with E-state index in [9.17, 15) is 0 Å². The molecule has 1 rings (SSSR count). The summed E-state index contributed by atoms with van der Waals surface area (Å²) in [7, 11) is 0. The lowest BCUT2D eigenvalue weighted by Gasteiger charge is -2.13. The van der Waals surface area contributed by atoms with Gasteiger partial charge in [0.1, 0.15) is 0 Å². The maximum Gasteiger partial charge on any atom is 0.0671 e. The SMILES string of the molecule is Cc1csc(C(N)COC(C)C)c1Cl. The first-order valence-electron chi connectivity index (χ1n) is 4.63. The summed E-state index contributed by atoms with van der Waals surface area (Å²) in [6.45, 7) is 6.50. The van der Waals surface area contributed by atoms with Crippen LogP contribution in [0.2, 0.25) is 5.02 Å². The first-order valence-corrected chi connectivity index (χ1v) is 5.88. The Kier molecular flexibility index (Phi) is 4.38. The van der Waals surface area contributed by atoms with Gasteiger partial charge in [-0.2, -0.15) is 0 Å². The molecule has 0 saturated heterocycles. The van der Waals surface area contributed by atoms with Crippen molar-refractivity contribution in [1.82, 2.24) is 0 Å². The van der Waals surface area contributed by atoms with E-state index in [1.807, 2.05) is 26.2 Å². The molecule has 0 amide bonds. The molecule has 1 atom stereocenters. The van der Waals surface area contributed by atoms with Gasteiger partial charge in [0.15, 0.2) is 0 Å². The lowest BCUT2D eigenvalue weighted by atomic mass is 10.2. The third-order valence-corrected chi connectivity index (χ3v) is 3.72. The summed E-state index contributed by atoms with van der Waals surface area (Å²) in [6.07, 6.45) is 0.209. The summed E-state index contributed by atoms with van der Waals surface area (Å²) >= 11 is 7.69. The van der Waals surface area contributed by atoms with Crippen molar-refractivity contribution in [2.45, 2.75) is 32.9 Å². The fourth-order valence-corrected chi connectivity index (χ4v) is 2.39. The van der Waals surface area contributed by atoms with Gasteiger partial charge < -0.3 is 10.5 Å². The maximum absolute atomic E-state index is 6.09. The first-order chi connectivity index (χ1) is 6.52. The van der Waals surface area contributed by atoms with E-state index < -0.39 is 0 Å². The minimum Gasteiger partial charge on any atom is -0.377 e. The summed E-state index contributed by atoms with van der Waals surface area (Å²) in [5.41, 5.74) is 7.05.